The molecule has 0 amide bonds. The van der Waals surface area contributed by atoms with Gasteiger partial charge in [-0.3, -0.25) is 4.79 Å². The molecule has 1 heterocycles. The van der Waals surface area contributed by atoms with E-state index in [2.05, 4.69) is 28.3 Å². The molecule has 1 aliphatic heterocycles. The number of nitrogens with zero attached hydrogens (tertiary/aromatic N) is 1. The van der Waals surface area contributed by atoms with Gasteiger partial charge >= 0.3 is 5.97 Å². The fourth-order valence-electron chi connectivity index (χ4n) is 2.84. The Morgan fingerprint density at radius 3 is 2.67 bits per heavy atom. The first-order valence-electron chi connectivity index (χ1n) is 9.24. The monoisotopic (exact) mass is 335 g/mol. The van der Waals surface area contributed by atoms with Crippen LogP contribution in [0.4, 0.5) is 0 Å². The van der Waals surface area contributed by atoms with E-state index in [1.165, 1.54) is 6.42 Å². The van der Waals surface area contributed by atoms with Crippen LogP contribution in [-0.4, -0.2) is 30.4 Å². The third kappa shape index (κ3) is 9.38. The molecule has 5 heteroatoms. The molecule has 5 nitrogen and oxygen atoms in total. The predicted molar refractivity (Wildman–Crippen MR) is 100 cm³/mol. The lowest BCUT2D eigenvalue weighted by Gasteiger charge is -2.15. The van der Waals surface area contributed by atoms with Crippen LogP contribution in [0.3, 0.4) is 0 Å². The molecular weight excluding hydrogens is 302 g/mol. The fourth-order valence-corrected chi connectivity index (χ4v) is 2.84. The van der Waals surface area contributed by atoms with Gasteiger partial charge in [0.1, 0.15) is 5.82 Å². The normalized spacial score (nSPS) is 20.3. The van der Waals surface area contributed by atoms with Gasteiger partial charge in [-0.1, -0.05) is 38.3 Å². The van der Waals surface area contributed by atoms with Crippen molar-refractivity contribution in [3.05, 3.63) is 24.2 Å². The molecule has 3 N–H and O–H groups in total. The van der Waals surface area contributed by atoms with Gasteiger partial charge in [-0.2, -0.15) is 0 Å². The lowest BCUT2D eigenvalue weighted by atomic mass is 10.0. The van der Waals surface area contributed by atoms with Gasteiger partial charge in [-0.05, 0) is 38.5 Å². The van der Waals surface area contributed by atoms with Crippen LogP contribution < -0.4 is 10.6 Å². The van der Waals surface area contributed by atoms with Crippen LogP contribution in [0.2, 0.25) is 0 Å². The van der Waals surface area contributed by atoms with E-state index < -0.39 is 5.97 Å². The van der Waals surface area contributed by atoms with Gasteiger partial charge in [0.25, 0.3) is 0 Å². The summed E-state index contributed by atoms with van der Waals surface area (Å²) in [4.78, 5) is 15.1. The number of allylic oxidation sites excluding steroid dienone is 2. The molecule has 0 unspecified atom stereocenters. The van der Waals surface area contributed by atoms with Gasteiger partial charge in [-0.25, -0.2) is 4.99 Å². The van der Waals surface area contributed by atoms with Gasteiger partial charge in [0, 0.05) is 20.0 Å². The topological polar surface area (TPSA) is 73.7 Å². The van der Waals surface area contributed by atoms with Crippen molar-refractivity contribution in [2.24, 2.45) is 4.99 Å². The first kappa shape index (κ1) is 20.3. The summed E-state index contributed by atoms with van der Waals surface area (Å²) >= 11 is 0. The van der Waals surface area contributed by atoms with Gasteiger partial charge in [-0.15, -0.1) is 0 Å². The van der Waals surface area contributed by atoms with Gasteiger partial charge < -0.3 is 15.7 Å². The Morgan fingerprint density at radius 1 is 1.25 bits per heavy atom. The first-order valence-corrected chi connectivity index (χ1v) is 9.24. The number of aliphatic imine (C=N–C) groups is 1. The number of unbranched alkanes of at least 4 members (excludes halogenated alkanes) is 5. The molecule has 0 aliphatic carbocycles. The number of carboxylic acid groups (broad SMARTS) is 1. The van der Waals surface area contributed by atoms with Crippen molar-refractivity contribution >= 4 is 11.7 Å². The minimum absolute atomic E-state index is 0.294. The van der Waals surface area contributed by atoms with Crippen molar-refractivity contribution in [3.8, 4) is 0 Å². The van der Waals surface area contributed by atoms with Crippen LogP contribution in [0.15, 0.2) is 29.2 Å². The summed E-state index contributed by atoms with van der Waals surface area (Å²) < 4.78 is 0. The number of carbonyl (C=O) groups is 1. The smallest absolute Gasteiger partial charge is 0.303 e. The molecule has 24 heavy (non-hydrogen) atoms. The van der Waals surface area contributed by atoms with Gasteiger partial charge in [0.05, 0.1) is 11.4 Å². The summed E-state index contributed by atoms with van der Waals surface area (Å²) in [5, 5.41) is 15.2. The van der Waals surface area contributed by atoms with Crippen molar-refractivity contribution in [1.82, 2.24) is 10.6 Å². The standard InChI is InChI=1S/C19H33N3O2/c1-16-21-15-11-7-9-12-17(20-2)18(22-16)13-8-5-3-4-6-10-14-19(23)24/h12,20-21H,1,3-11,13-15H2,2H3,(H,23,24)/b17-12+,22-18-. The zero-order valence-electron chi connectivity index (χ0n) is 15.1. The number of hydrogen-bond acceptors (Lipinski definition) is 4. The van der Waals surface area contributed by atoms with Crippen LogP contribution in [0.1, 0.15) is 70.6 Å². The van der Waals surface area contributed by atoms with Crippen LogP contribution in [0, 0.1) is 0 Å². The highest BCUT2D eigenvalue weighted by Crippen LogP contribution is 2.13. The zero-order chi connectivity index (χ0) is 17.6. The molecule has 0 aromatic heterocycles. The third-order valence-electron chi connectivity index (χ3n) is 4.21. The van der Waals surface area contributed by atoms with E-state index in [4.69, 9.17) is 5.11 Å². The Morgan fingerprint density at radius 2 is 1.96 bits per heavy atom. The number of nitrogens with one attached hydrogen (secondary N) is 2. The average molecular weight is 335 g/mol. The molecule has 1 aliphatic rings. The van der Waals surface area contributed by atoms with Crippen LogP contribution >= 0.6 is 0 Å². The minimum Gasteiger partial charge on any atom is -0.481 e. The molecule has 1 rings (SSSR count). The van der Waals surface area contributed by atoms with E-state index in [1.54, 1.807) is 0 Å². The Bertz CT molecular complexity index is 456. The molecule has 0 saturated carbocycles. The lowest BCUT2D eigenvalue weighted by Crippen LogP contribution is -2.20. The zero-order valence-corrected chi connectivity index (χ0v) is 15.1. The quantitative estimate of drug-likeness (QED) is 0.528. The SMILES string of the molecule is C=C1/N=C(CCCCCCCCC(=O)O)\C(NC)=C/CCCCN1. The molecular formula is C19H33N3O2. The maximum absolute atomic E-state index is 10.5. The maximum Gasteiger partial charge on any atom is 0.303 e. The largest absolute Gasteiger partial charge is 0.481 e. The second-order valence-electron chi connectivity index (χ2n) is 6.31. The Balaban J connectivity index is 2.36. The summed E-state index contributed by atoms with van der Waals surface area (Å²) in [6.45, 7) is 4.94. The molecule has 0 aromatic rings. The molecule has 136 valence electrons. The van der Waals surface area contributed by atoms with Crippen molar-refractivity contribution < 1.29 is 9.90 Å². The fraction of sp³-hybridized carbons (Fsp3) is 0.684. The van der Waals surface area contributed by atoms with Crippen molar-refractivity contribution in [2.45, 2.75) is 70.6 Å². The number of aliphatic carboxylic acids is 1. The Hall–Kier alpha value is -1.78. The summed E-state index contributed by atoms with van der Waals surface area (Å²) in [5.74, 6) is 0.0611. The van der Waals surface area contributed by atoms with Crippen LogP contribution in [0.5, 0.6) is 0 Å². The number of rotatable bonds is 10. The maximum atomic E-state index is 10.5. The Kier molecular flexibility index (Phi) is 10.7. The highest BCUT2D eigenvalue weighted by molar-refractivity contribution is 6.00. The molecule has 0 radical (unpaired) electrons. The van der Waals surface area contributed by atoms with Crippen LogP contribution in [0.25, 0.3) is 0 Å². The van der Waals surface area contributed by atoms with E-state index in [9.17, 15) is 4.79 Å². The van der Waals surface area contributed by atoms with E-state index in [1.807, 2.05) is 7.05 Å². The second kappa shape index (κ2) is 12.6. The molecule has 0 atom stereocenters. The average Bonchev–Trinajstić information content (AvgIpc) is 2.55. The van der Waals surface area contributed by atoms with Crippen molar-refractivity contribution in [3.63, 3.8) is 0 Å². The van der Waals surface area contributed by atoms with Gasteiger partial charge in [0.2, 0.25) is 0 Å². The third-order valence-corrected chi connectivity index (χ3v) is 4.21. The first-order chi connectivity index (χ1) is 11.6. The molecule has 0 spiro atoms. The summed E-state index contributed by atoms with van der Waals surface area (Å²) in [7, 11) is 1.95. The van der Waals surface area contributed by atoms with Crippen molar-refractivity contribution in [1.29, 1.82) is 0 Å². The van der Waals surface area contributed by atoms with Crippen molar-refractivity contribution in [2.75, 3.05) is 13.6 Å². The molecule has 0 bridgehead atoms. The number of hydrogen-bond donors (Lipinski definition) is 3. The van der Waals surface area contributed by atoms with E-state index in [0.717, 1.165) is 81.6 Å². The summed E-state index contributed by atoms with van der Waals surface area (Å²) in [6, 6.07) is 0. The Labute approximate surface area is 146 Å². The number of carboxylic acids is 1. The molecule has 0 aromatic carbocycles. The minimum atomic E-state index is -0.691. The van der Waals surface area contributed by atoms with E-state index in [0.29, 0.717) is 6.42 Å². The lowest BCUT2D eigenvalue weighted by molar-refractivity contribution is -0.137. The molecule has 0 fully saturated rings. The molecule has 0 saturated heterocycles. The van der Waals surface area contributed by atoms with Gasteiger partial charge in [0.15, 0.2) is 0 Å². The highest BCUT2D eigenvalue weighted by Gasteiger charge is 2.08. The van der Waals surface area contributed by atoms with E-state index in [-0.39, 0.29) is 0 Å². The second-order valence-corrected chi connectivity index (χ2v) is 6.31. The predicted octanol–water partition coefficient (Wildman–Crippen LogP) is 3.98. The summed E-state index contributed by atoms with van der Waals surface area (Å²) in [5.41, 5.74) is 2.21. The van der Waals surface area contributed by atoms with E-state index >= 15 is 0 Å². The van der Waals surface area contributed by atoms with Crippen LogP contribution in [-0.2, 0) is 4.79 Å². The summed E-state index contributed by atoms with van der Waals surface area (Å²) in [6.07, 6.45) is 13.2. The highest BCUT2D eigenvalue weighted by atomic mass is 16.4.